The molecule has 1 aromatic heterocycles. The van der Waals surface area contributed by atoms with E-state index in [0.29, 0.717) is 12.1 Å². The SMILES string of the molecule is CC(C)(NC(=O)c1ccc(Cl)cc1N(c1nsnc1Cc1ccccc1)S(=O)[O-])c1ccccc1. The highest BCUT2D eigenvalue weighted by Gasteiger charge is 2.28. The maximum absolute atomic E-state index is 13.4. The number of aromatic nitrogens is 2. The Balaban J connectivity index is 1.73. The van der Waals surface area contributed by atoms with Crippen molar-refractivity contribution in [3.63, 3.8) is 0 Å². The van der Waals surface area contributed by atoms with Crippen LogP contribution in [0.2, 0.25) is 5.02 Å². The molecule has 0 radical (unpaired) electrons. The minimum atomic E-state index is -2.80. The first-order valence-corrected chi connectivity index (χ1v) is 12.8. The first-order valence-electron chi connectivity index (χ1n) is 10.7. The van der Waals surface area contributed by atoms with Crippen LogP contribution in [0.5, 0.6) is 0 Å². The van der Waals surface area contributed by atoms with Gasteiger partial charge in [0.2, 0.25) is 0 Å². The smallest absolute Gasteiger partial charge is 0.254 e. The van der Waals surface area contributed by atoms with Gasteiger partial charge in [-0.25, -0.2) is 0 Å². The number of hydrogen-bond acceptors (Lipinski definition) is 6. The number of nitrogens with one attached hydrogen (secondary N) is 1. The van der Waals surface area contributed by atoms with E-state index in [2.05, 4.69) is 14.1 Å². The highest BCUT2D eigenvalue weighted by Crippen LogP contribution is 2.35. The molecule has 10 heteroatoms. The minimum absolute atomic E-state index is 0.0919. The van der Waals surface area contributed by atoms with E-state index in [4.69, 9.17) is 11.6 Å². The number of nitrogens with zero attached hydrogens (tertiary/aromatic N) is 3. The van der Waals surface area contributed by atoms with Crippen molar-refractivity contribution in [3.05, 3.63) is 106 Å². The number of benzene rings is 3. The van der Waals surface area contributed by atoms with E-state index in [1.807, 2.05) is 74.5 Å². The predicted molar refractivity (Wildman–Crippen MR) is 139 cm³/mol. The van der Waals surface area contributed by atoms with Gasteiger partial charge in [0.15, 0.2) is 5.82 Å². The Morgan fingerprint density at radius 3 is 2.37 bits per heavy atom. The largest absolute Gasteiger partial charge is 0.755 e. The van der Waals surface area contributed by atoms with Crippen molar-refractivity contribution in [1.82, 2.24) is 14.1 Å². The van der Waals surface area contributed by atoms with Crippen molar-refractivity contribution in [1.29, 1.82) is 0 Å². The van der Waals surface area contributed by atoms with Gasteiger partial charge in [0.25, 0.3) is 5.91 Å². The standard InChI is InChI=1S/C25H23ClN4O3S2/c1-25(2,18-11-7-4-8-12-18)27-24(31)20-14-13-19(26)16-22(20)30(35(32)33)23-21(28-34-29-23)15-17-9-5-3-6-10-17/h3-14,16H,15H2,1-2H3,(H,27,31)(H,32,33)/p-1. The number of anilines is 2. The number of rotatable bonds is 8. The summed E-state index contributed by atoms with van der Waals surface area (Å²) in [7, 11) is 0. The van der Waals surface area contributed by atoms with Crippen LogP contribution in [-0.4, -0.2) is 23.4 Å². The first-order chi connectivity index (χ1) is 16.8. The molecule has 0 saturated heterocycles. The summed E-state index contributed by atoms with van der Waals surface area (Å²) in [5.74, 6) is -0.320. The molecule has 1 atom stereocenters. The zero-order valence-corrected chi connectivity index (χ0v) is 21.4. The molecular formula is C25H22ClN4O3S2-. The van der Waals surface area contributed by atoms with Gasteiger partial charge in [-0.2, -0.15) is 8.75 Å². The zero-order valence-electron chi connectivity index (χ0n) is 19.0. The Morgan fingerprint density at radius 2 is 1.71 bits per heavy atom. The van der Waals surface area contributed by atoms with Crippen molar-refractivity contribution in [2.45, 2.75) is 25.8 Å². The molecule has 0 fully saturated rings. The highest BCUT2D eigenvalue weighted by atomic mass is 35.5. The van der Waals surface area contributed by atoms with E-state index in [1.165, 1.54) is 12.1 Å². The molecule has 1 amide bonds. The van der Waals surface area contributed by atoms with Crippen molar-refractivity contribution >= 4 is 52.0 Å². The van der Waals surface area contributed by atoms with Gasteiger partial charge in [0.1, 0.15) is 5.69 Å². The first kappa shape index (κ1) is 25.0. The fourth-order valence-corrected chi connectivity index (χ4v) is 5.03. The molecule has 3 aromatic carbocycles. The third-order valence-electron chi connectivity index (χ3n) is 5.44. The molecule has 0 aliphatic heterocycles. The molecule has 0 aliphatic carbocycles. The van der Waals surface area contributed by atoms with Crippen LogP contribution in [0.15, 0.2) is 78.9 Å². The molecule has 0 spiro atoms. The summed E-state index contributed by atoms with van der Waals surface area (Å²) >= 11 is 4.34. The monoisotopic (exact) mass is 525 g/mol. The molecule has 4 rings (SSSR count). The van der Waals surface area contributed by atoms with E-state index in [9.17, 15) is 13.6 Å². The normalized spacial score (nSPS) is 12.2. The number of halogens is 1. The molecule has 0 bridgehead atoms. The summed E-state index contributed by atoms with van der Waals surface area (Å²) in [6.07, 6.45) is 0.378. The predicted octanol–water partition coefficient (Wildman–Crippen LogP) is 5.38. The fourth-order valence-electron chi connectivity index (χ4n) is 3.66. The fraction of sp³-hybridized carbons (Fsp3) is 0.160. The second-order valence-electron chi connectivity index (χ2n) is 8.32. The lowest BCUT2D eigenvalue weighted by molar-refractivity contribution is 0.0913. The molecule has 1 N–H and O–H groups in total. The van der Waals surface area contributed by atoms with Crippen LogP contribution in [0.3, 0.4) is 0 Å². The second-order valence-corrected chi connectivity index (χ2v) is 10.1. The Labute approximate surface area is 215 Å². The average molecular weight is 526 g/mol. The zero-order chi connectivity index (χ0) is 25.0. The Bertz CT molecular complexity index is 1350. The maximum atomic E-state index is 13.4. The summed E-state index contributed by atoms with van der Waals surface area (Å²) in [6, 6.07) is 23.5. The minimum Gasteiger partial charge on any atom is -0.755 e. The summed E-state index contributed by atoms with van der Waals surface area (Å²) in [6.45, 7) is 3.75. The summed E-state index contributed by atoms with van der Waals surface area (Å²) < 4.78 is 34.5. The van der Waals surface area contributed by atoms with Crippen LogP contribution < -0.4 is 9.62 Å². The van der Waals surface area contributed by atoms with Gasteiger partial charge >= 0.3 is 0 Å². The average Bonchev–Trinajstić information content (AvgIpc) is 3.27. The van der Waals surface area contributed by atoms with Gasteiger partial charge in [-0.1, -0.05) is 72.3 Å². The second kappa shape index (κ2) is 10.7. The quantitative estimate of drug-likeness (QED) is 0.311. The summed E-state index contributed by atoms with van der Waals surface area (Å²) in [5, 5.41) is 3.28. The lowest BCUT2D eigenvalue weighted by Gasteiger charge is -2.30. The van der Waals surface area contributed by atoms with Crippen LogP contribution in [0.1, 0.15) is 41.0 Å². The lowest BCUT2D eigenvalue weighted by atomic mass is 9.94. The molecule has 35 heavy (non-hydrogen) atoms. The molecule has 1 heterocycles. The van der Waals surface area contributed by atoms with E-state index >= 15 is 0 Å². The van der Waals surface area contributed by atoms with E-state index in [1.54, 1.807) is 6.07 Å². The molecule has 0 aliphatic rings. The Hall–Kier alpha value is -3.11. The van der Waals surface area contributed by atoms with Crippen LogP contribution in [0.25, 0.3) is 0 Å². The third kappa shape index (κ3) is 5.76. The molecule has 0 saturated carbocycles. The van der Waals surface area contributed by atoms with E-state index in [0.717, 1.165) is 27.2 Å². The number of hydrogen-bond donors (Lipinski definition) is 1. The van der Waals surface area contributed by atoms with Crippen LogP contribution in [0.4, 0.5) is 11.5 Å². The van der Waals surface area contributed by atoms with Gasteiger partial charge in [0.05, 0.1) is 39.8 Å². The Kier molecular flexibility index (Phi) is 7.61. The third-order valence-corrected chi connectivity index (χ3v) is 6.90. The summed E-state index contributed by atoms with van der Waals surface area (Å²) in [4.78, 5) is 13.4. The van der Waals surface area contributed by atoms with Crippen LogP contribution in [-0.2, 0) is 23.2 Å². The van der Waals surface area contributed by atoms with Crippen LogP contribution >= 0.6 is 23.3 Å². The molecule has 1 unspecified atom stereocenters. The Morgan fingerprint density at radius 1 is 1.06 bits per heavy atom. The molecule has 7 nitrogen and oxygen atoms in total. The van der Waals surface area contributed by atoms with E-state index in [-0.39, 0.29) is 22.1 Å². The van der Waals surface area contributed by atoms with Crippen molar-refractivity contribution in [2.24, 2.45) is 0 Å². The van der Waals surface area contributed by atoms with Gasteiger partial charge in [-0.3, -0.25) is 13.3 Å². The van der Waals surface area contributed by atoms with Crippen molar-refractivity contribution in [3.8, 4) is 0 Å². The van der Waals surface area contributed by atoms with E-state index < -0.39 is 22.7 Å². The highest BCUT2D eigenvalue weighted by molar-refractivity contribution is 7.81. The lowest BCUT2D eigenvalue weighted by Crippen LogP contribution is -2.41. The van der Waals surface area contributed by atoms with Crippen LogP contribution in [0, 0.1) is 0 Å². The summed E-state index contributed by atoms with van der Waals surface area (Å²) in [5.41, 5.74) is 1.85. The van der Waals surface area contributed by atoms with Gasteiger partial charge in [-0.05, 0) is 43.2 Å². The van der Waals surface area contributed by atoms with Gasteiger partial charge in [0, 0.05) is 11.4 Å². The number of carbonyl (C=O) groups is 1. The van der Waals surface area contributed by atoms with Crippen molar-refractivity contribution in [2.75, 3.05) is 4.31 Å². The maximum Gasteiger partial charge on any atom is 0.254 e. The molecular weight excluding hydrogens is 504 g/mol. The van der Waals surface area contributed by atoms with Gasteiger partial charge in [-0.15, -0.1) is 0 Å². The molecule has 4 aromatic rings. The van der Waals surface area contributed by atoms with Crippen molar-refractivity contribution < 1.29 is 13.6 Å². The number of carbonyl (C=O) groups excluding carboxylic acids is 1. The molecule has 180 valence electrons. The van der Waals surface area contributed by atoms with Gasteiger partial charge < -0.3 is 9.87 Å². The number of amides is 1. The topological polar surface area (TPSA) is 98.2 Å².